The van der Waals surface area contributed by atoms with Gasteiger partial charge in [0.2, 0.25) is 0 Å². The van der Waals surface area contributed by atoms with Crippen LogP contribution in [0.3, 0.4) is 0 Å². The third-order valence-corrected chi connectivity index (χ3v) is 3.64. The second-order valence-electron chi connectivity index (χ2n) is 4.84. The first kappa shape index (κ1) is 14.7. The molecule has 0 radical (unpaired) electrons. The Morgan fingerprint density at radius 2 is 2.25 bits per heavy atom. The van der Waals surface area contributed by atoms with Gasteiger partial charge in [-0.05, 0) is 5.57 Å². The number of rotatable bonds is 4. The summed E-state index contributed by atoms with van der Waals surface area (Å²) in [7, 11) is 1.70. The highest BCUT2D eigenvalue weighted by atomic mass is 16.5. The topological polar surface area (TPSA) is 67.9 Å². The summed E-state index contributed by atoms with van der Waals surface area (Å²) < 4.78 is 5.36. The van der Waals surface area contributed by atoms with E-state index in [1.165, 1.54) is 6.20 Å². The van der Waals surface area contributed by atoms with E-state index in [0.29, 0.717) is 0 Å². The normalized spacial score (nSPS) is 28.6. The van der Waals surface area contributed by atoms with Crippen LogP contribution >= 0.6 is 0 Å². The Kier molecular flexibility index (Phi) is 5.26. The van der Waals surface area contributed by atoms with Crippen molar-refractivity contribution >= 4 is 12.5 Å². The quantitative estimate of drug-likeness (QED) is 0.601. The van der Waals surface area contributed by atoms with E-state index in [2.05, 4.69) is 16.0 Å². The van der Waals surface area contributed by atoms with Gasteiger partial charge in [-0.1, -0.05) is 18.2 Å². The Labute approximate surface area is 119 Å². The lowest BCUT2D eigenvalue weighted by molar-refractivity contribution is -0.111. The molecule has 0 aromatic heterocycles. The van der Waals surface area contributed by atoms with Crippen LogP contribution in [0.5, 0.6) is 0 Å². The maximum absolute atomic E-state index is 11.4. The van der Waals surface area contributed by atoms with Gasteiger partial charge in [-0.3, -0.25) is 9.89 Å². The molecule has 1 heterocycles. The number of ether oxygens (including phenoxy) is 1. The van der Waals surface area contributed by atoms with Gasteiger partial charge in [0.1, 0.15) is 6.29 Å². The highest BCUT2D eigenvalue weighted by Crippen LogP contribution is 2.24. The lowest BCUT2D eigenvalue weighted by Gasteiger charge is -2.36. The van der Waals surface area contributed by atoms with Crippen LogP contribution in [0.1, 0.15) is 0 Å². The Morgan fingerprint density at radius 1 is 1.50 bits per heavy atom. The number of hydrogen-bond donors (Lipinski definition) is 1. The fourth-order valence-electron chi connectivity index (χ4n) is 2.60. The van der Waals surface area contributed by atoms with Crippen LogP contribution in [-0.4, -0.2) is 56.8 Å². The molecule has 0 amide bonds. The molecule has 0 spiro atoms. The maximum Gasteiger partial charge on any atom is 0.128 e. The molecule has 1 saturated heterocycles. The van der Waals surface area contributed by atoms with Crippen molar-refractivity contribution in [1.29, 1.82) is 0 Å². The minimum Gasteiger partial charge on any atom is -0.404 e. The molecule has 0 aromatic rings. The van der Waals surface area contributed by atoms with Crippen molar-refractivity contribution in [3.63, 3.8) is 0 Å². The second-order valence-corrected chi connectivity index (χ2v) is 4.84. The molecule has 2 aliphatic rings. The highest BCUT2D eigenvalue weighted by molar-refractivity contribution is 5.86. The van der Waals surface area contributed by atoms with Gasteiger partial charge in [-0.2, -0.15) is 0 Å². The standard InChI is InChI=1S/C15H21N3O2/c1-17-10-14(9-16)12-2-3-15(13(8-12)11-19)18-4-6-20-7-5-18/h2-3,8-11,13,15H,4-7,16H2,1H3/t13-,15?/m1/s1. The van der Waals surface area contributed by atoms with E-state index in [1.54, 1.807) is 13.3 Å². The smallest absolute Gasteiger partial charge is 0.128 e. The third-order valence-electron chi connectivity index (χ3n) is 3.64. The molecule has 5 nitrogen and oxygen atoms in total. The van der Waals surface area contributed by atoms with Crippen molar-refractivity contribution in [1.82, 2.24) is 4.90 Å². The third kappa shape index (κ3) is 3.23. The van der Waals surface area contributed by atoms with Crippen molar-refractivity contribution in [2.45, 2.75) is 6.04 Å². The Hall–Kier alpha value is -1.72. The Morgan fingerprint density at radius 3 is 2.85 bits per heavy atom. The van der Waals surface area contributed by atoms with Gasteiger partial charge >= 0.3 is 0 Å². The van der Waals surface area contributed by atoms with Gasteiger partial charge in [0.05, 0.1) is 19.1 Å². The zero-order chi connectivity index (χ0) is 14.4. The first-order chi connectivity index (χ1) is 9.80. The van der Waals surface area contributed by atoms with Gasteiger partial charge in [0, 0.05) is 44.2 Å². The average molecular weight is 275 g/mol. The van der Waals surface area contributed by atoms with E-state index in [-0.39, 0.29) is 12.0 Å². The molecule has 0 bridgehead atoms. The SMILES string of the molecule is CN=CC(=CN)C1=C[C@H](C=O)C(N2CCOCC2)C=C1. The first-order valence-electron chi connectivity index (χ1n) is 6.81. The molecule has 2 N–H and O–H groups in total. The average Bonchev–Trinajstić information content (AvgIpc) is 2.53. The Bertz CT molecular complexity index is 460. The number of aliphatic imine (C=N–C) groups is 1. The molecule has 2 atom stereocenters. The first-order valence-corrected chi connectivity index (χ1v) is 6.81. The number of aldehydes is 1. The molecular formula is C15H21N3O2. The number of allylic oxidation sites excluding steroid dienone is 3. The molecule has 0 saturated carbocycles. The summed E-state index contributed by atoms with van der Waals surface area (Å²) in [5.74, 6) is -0.159. The molecule has 108 valence electrons. The highest BCUT2D eigenvalue weighted by Gasteiger charge is 2.28. The van der Waals surface area contributed by atoms with Crippen LogP contribution in [0.25, 0.3) is 0 Å². The zero-order valence-corrected chi connectivity index (χ0v) is 11.7. The van der Waals surface area contributed by atoms with Gasteiger partial charge in [-0.25, -0.2) is 0 Å². The maximum atomic E-state index is 11.4. The van der Waals surface area contributed by atoms with E-state index in [4.69, 9.17) is 10.5 Å². The summed E-state index contributed by atoms with van der Waals surface area (Å²) in [6, 6.07) is 0.109. The molecular weight excluding hydrogens is 254 g/mol. The molecule has 5 heteroatoms. The molecule has 1 fully saturated rings. The number of carbonyl (C=O) groups excluding carboxylic acids is 1. The zero-order valence-electron chi connectivity index (χ0n) is 11.7. The summed E-state index contributed by atoms with van der Waals surface area (Å²) in [4.78, 5) is 17.7. The fraction of sp³-hybridized carbons (Fsp3) is 0.467. The number of carbonyl (C=O) groups is 1. The van der Waals surface area contributed by atoms with Crippen LogP contribution in [0.15, 0.2) is 40.6 Å². The summed E-state index contributed by atoms with van der Waals surface area (Å²) in [5.41, 5.74) is 7.38. The van der Waals surface area contributed by atoms with Crippen molar-refractivity contribution in [2.24, 2.45) is 16.6 Å². The predicted octanol–water partition coefficient (Wildman–Crippen LogP) is 0.542. The van der Waals surface area contributed by atoms with Crippen LogP contribution in [0.2, 0.25) is 0 Å². The molecule has 1 aliphatic heterocycles. The largest absolute Gasteiger partial charge is 0.404 e. The molecule has 0 aromatic carbocycles. The van der Waals surface area contributed by atoms with Crippen LogP contribution in [0.4, 0.5) is 0 Å². The van der Waals surface area contributed by atoms with Gasteiger partial charge in [0.25, 0.3) is 0 Å². The van der Waals surface area contributed by atoms with E-state index < -0.39 is 0 Å². The lowest BCUT2D eigenvalue weighted by atomic mass is 9.88. The summed E-state index contributed by atoms with van der Waals surface area (Å²) in [6.07, 6.45) is 10.3. The van der Waals surface area contributed by atoms with E-state index in [1.807, 2.05) is 12.2 Å². The minimum absolute atomic E-state index is 0.109. The summed E-state index contributed by atoms with van der Waals surface area (Å²) >= 11 is 0. The van der Waals surface area contributed by atoms with E-state index in [0.717, 1.165) is 43.7 Å². The summed E-state index contributed by atoms with van der Waals surface area (Å²) in [6.45, 7) is 3.17. The number of morpholine rings is 1. The number of nitrogens with two attached hydrogens (primary N) is 1. The molecule has 1 aliphatic carbocycles. The number of hydrogen-bond acceptors (Lipinski definition) is 5. The minimum atomic E-state index is -0.159. The second kappa shape index (κ2) is 7.17. The molecule has 20 heavy (non-hydrogen) atoms. The number of nitrogens with zero attached hydrogens (tertiary/aromatic N) is 2. The van der Waals surface area contributed by atoms with E-state index >= 15 is 0 Å². The summed E-state index contributed by atoms with van der Waals surface area (Å²) in [5, 5.41) is 0. The van der Waals surface area contributed by atoms with Crippen LogP contribution in [-0.2, 0) is 9.53 Å². The molecule has 2 rings (SSSR count). The predicted molar refractivity (Wildman–Crippen MR) is 79.6 cm³/mol. The van der Waals surface area contributed by atoms with Crippen molar-refractivity contribution in [2.75, 3.05) is 33.4 Å². The van der Waals surface area contributed by atoms with Crippen molar-refractivity contribution < 1.29 is 9.53 Å². The lowest BCUT2D eigenvalue weighted by Crippen LogP contribution is -2.46. The van der Waals surface area contributed by atoms with Gasteiger partial charge in [0.15, 0.2) is 0 Å². The van der Waals surface area contributed by atoms with Crippen molar-refractivity contribution in [3.05, 3.63) is 35.6 Å². The van der Waals surface area contributed by atoms with Crippen LogP contribution < -0.4 is 5.73 Å². The van der Waals surface area contributed by atoms with Gasteiger partial charge < -0.3 is 15.3 Å². The van der Waals surface area contributed by atoms with E-state index in [9.17, 15) is 4.79 Å². The van der Waals surface area contributed by atoms with Gasteiger partial charge in [-0.15, -0.1) is 0 Å². The monoisotopic (exact) mass is 275 g/mol. The molecule has 1 unspecified atom stereocenters. The Balaban J connectivity index is 2.16. The fourth-order valence-corrected chi connectivity index (χ4v) is 2.60. The van der Waals surface area contributed by atoms with Crippen LogP contribution in [0, 0.1) is 5.92 Å². The van der Waals surface area contributed by atoms with Crippen molar-refractivity contribution in [3.8, 4) is 0 Å².